The number of halogens is 2. The lowest BCUT2D eigenvalue weighted by Crippen LogP contribution is -2.54. The van der Waals surface area contributed by atoms with Crippen LogP contribution in [0.1, 0.15) is 10.6 Å². The molecule has 1 saturated heterocycles. The molecular formula is C17H20Cl2N4O2S. The summed E-state index contributed by atoms with van der Waals surface area (Å²) in [7, 11) is 0. The third-order valence-electron chi connectivity index (χ3n) is 4.08. The van der Waals surface area contributed by atoms with Gasteiger partial charge in [0.2, 0.25) is 0 Å². The van der Waals surface area contributed by atoms with E-state index in [1.54, 1.807) is 12.3 Å². The minimum absolute atomic E-state index is 0.0836. The molecule has 0 aliphatic carbocycles. The summed E-state index contributed by atoms with van der Waals surface area (Å²) in [6, 6.07) is 5.46. The summed E-state index contributed by atoms with van der Waals surface area (Å²) in [4.78, 5) is 16.1. The second-order valence-electron chi connectivity index (χ2n) is 5.91. The number of carbonyl (C=O) groups excluding carboxylic acids is 1. The summed E-state index contributed by atoms with van der Waals surface area (Å²) in [5, 5.41) is 12.9. The van der Waals surface area contributed by atoms with Gasteiger partial charge in [-0.15, -0.1) is 11.3 Å². The number of urea groups is 1. The number of hydrogen-bond donors (Lipinski definition) is 3. The smallest absolute Gasteiger partial charge is 0.315 e. The Labute approximate surface area is 166 Å². The first-order valence-corrected chi connectivity index (χ1v) is 9.94. The molecule has 6 nitrogen and oxygen atoms in total. The van der Waals surface area contributed by atoms with Gasteiger partial charge in [-0.2, -0.15) is 0 Å². The Bertz CT molecular complexity index is 730. The van der Waals surface area contributed by atoms with Crippen molar-refractivity contribution < 1.29 is 9.53 Å². The largest absolute Gasteiger partial charge is 0.373 e. The average Bonchev–Trinajstić information content (AvgIpc) is 3.16. The zero-order valence-electron chi connectivity index (χ0n) is 14.0. The van der Waals surface area contributed by atoms with E-state index in [9.17, 15) is 4.79 Å². The van der Waals surface area contributed by atoms with Gasteiger partial charge in [-0.05, 0) is 24.1 Å². The van der Waals surface area contributed by atoms with Crippen molar-refractivity contribution in [2.75, 3.05) is 19.7 Å². The predicted molar refractivity (Wildman–Crippen MR) is 104 cm³/mol. The molecule has 2 atom stereocenters. The maximum absolute atomic E-state index is 12.0. The summed E-state index contributed by atoms with van der Waals surface area (Å²) in [5.74, 6) is 0. The lowest BCUT2D eigenvalue weighted by molar-refractivity contribution is -0.00114. The average molecular weight is 415 g/mol. The van der Waals surface area contributed by atoms with Crippen LogP contribution in [-0.2, 0) is 17.7 Å². The number of amides is 2. The van der Waals surface area contributed by atoms with E-state index in [1.807, 2.05) is 17.5 Å². The fourth-order valence-corrected chi connectivity index (χ4v) is 3.66. The standard InChI is InChI=1S/C17H20Cl2N4O2S/c18-12-2-1-11(7-13(12)19)8-14-15(25-5-3-20-14)9-22-17(24)23-10-16-21-4-6-26-16/h1-2,4,6-7,14-15,20H,3,5,8-10H2,(H2,22,23,24). The van der Waals surface area contributed by atoms with Crippen molar-refractivity contribution in [3.05, 3.63) is 50.4 Å². The van der Waals surface area contributed by atoms with Gasteiger partial charge in [-0.25, -0.2) is 9.78 Å². The summed E-state index contributed by atoms with van der Waals surface area (Å²) in [6.45, 7) is 2.23. The van der Waals surface area contributed by atoms with Gasteiger partial charge in [0, 0.05) is 30.7 Å². The summed E-state index contributed by atoms with van der Waals surface area (Å²) in [5.41, 5.74) is 1.07. The van der Waals surface area contributed by atoms with Crippen molar-refractivity contribution in [1.82, 2.24) is 20.9 Å². The van der Waals surface area contributed by atoms with Crippen molar-refractivity contribution in [2.24, 2.45) is 0 Å². The molecule has 140 valence electrons. The number of benzene rings is 1. The number of morpholine rings is 1. The maximum atomic E-state index is 12.0. The van der Waals surface area contributed by atoms with Gasteiger partial charge in [-0.1, -0.05) is 29.3 Å². The molecule has 1 aliphatic heterocycles. The van der Waals surface area contributed by atoms with Crippen LogP contribution in [0.2, 0.25) is 10.0 Å². The van der Waals surface area contributed by atoms with E-state index in [4.69, 9.17) is 27.9 Å². The number of carbonyl (C=O) groups is 1. The number of rotatable bonds is 6. The van der Waals surface area contributed by atoms with Crippen LogP contribution in [0, 0.1) is 0 Å². The third-order valence-corrected chi connectivity index (χ3v) is 5.60. The molecule has 0 bridgehead atoms. The lowest BCUT2D eigenvalue weighted by atomic mass is 10.00. The number of hydrogen-bond acceptors (Lipinski definition) is 5. The maximum Gasteiger partial charge on any atom is 0.315 e. The van der Waals surface area contributed by atoms with E-state index in [2.05, 4.69) is 20.9 Å². The monoisotopic (exact) mass is 414 g/mol. The van der Waals surface area contributed by atoms with Gasteiger partial charge >= 0.3 is 6.03 Å². The number of thiazole rings is 1. The molecule has 2 aromatic rings. The van der Waals surface area contributed by atoms with E-state index in [1.165, 1.54) is 11.3 Å². The molecule has 26 heavy (non-hydrogen) atoms. The zero-order chi connectivity index (χ0) is 18.4. The highest BCUT2D eigenvalue weighted by Crippen LogP contribution is 2.24. The Morgan fingerprint density at radius 3 is 3.00 bits per heavy atom. The minimum Gasteiger partial charge on any atom is -0.373 e. The van der Waals surface area contributed by atoms with Crippen molar-refractivity contribution >= 4 is 40.6 Å². The Hall–Kier alpha value is -1.38. The minimum atomic E-state index is -0.234. The van der Waals surface area contributed by atoms with Gasteiger partial charge < -0.3 is 20.7 Å². The first-order chi connectivity index (χ1) is 12.6. The fourth-order valence-electron chi connectivity index (χ4n) is 2.78. The van der Waals surface area contributed by atoms with Gasteiger partial charge in [0.05, 0.1) is 29.3 Å². The van der Waals surface area contributed by atoms with E-state index in [0.29, 0.717) is 29.7 Å². The summed E-state index contributed by atoms with van der Waals surface area (Å²) >= 11 is 13.6. The van der Waals surface area contributed by atoms with Crippen LogP contribution in [0.5, 0.6) is 0 Å². The van der Waals surface area contributed by atoms with Crippen LogP contribution in [-0.4, -0.2) is 42.9 Å². The summed E-state index contributed by atoms with van der Waals surface area (Å²) in [6.07, 6.45) is 2.34. The van der Waals surface area contributed by atoms with Crippen LogP contribution in [0.25, 0.3) is 0 Å². The van der Waals surface area contributed by atoms with E-state index in [0.717, 1.165) is 23.5 Å². The van der Waals surface area contributed by atoms with Crippen LogP contribution in [0.15, 0.2) is 29.8 Å². The first kappa shape index (κ1) is 19.4. The molecule has 2 unspecified atom stereocenters. The highest BCUT2D eigenvalue weighted by molar-refractivity contribution is 7.09. The van der Waals surface area contributed by atoms with Crippen molar-refractivity contribution in [2.45, 2.75) is 25.1 Å². The van der Waals surface area contributed by atoms with Gasteiger partial charge in [-0.3, -0.25) is 0 Å². The first-order valence-electron chi connectivity index (χ1n) is 8.31. The van der Waals surface area contributed by atoms with Gasteiger partial charge in [0.1, 0.15) is 5.01 Å². The highest BCUT2D eigenvalue weighted by Gasteiger charge is 2.26. The predicted octanol–water partition coefficient (Wildman–Crippen LogP) is 2.85. The SMILES string of the molecule is O=C(NCc1nccs1)NCC1OCCNC1Cc1ccc(Cl)c(Cl)c1. The fraction of sp³-hybridized carbons (Fsp3) is 0.412. The van der Waals surface area contributed by atoms with Crippen LogP contribution >= 0.6 is 34.5 Å². The topological polar surface area (TPSA) is 75.3 Å². The van der Waals surface area contributed by atoms with Gasteiger partial charge in [0.25, 0.3) is 0 Å². The molecule has 2 amide bonds. The van der Waals surface area contributed by atoms with Crippen molar-refractivity contribution in [1.29, 1.82) is 0 Å². The van der Waals surface area contributed by atoms with E-state index in [-0.39, 0.29) is 18.2 Å². The second-order valence-corrected chi connectivity index (χ2v) is 7.71. The quantitative estimate of drug-likeness (QED) is 0.679. The number of aromatic nitrogens is 1. The third kappa shape index (κ3) is 5.56. The molecule has 1 aromatic heterocycles. The number of nitrogens with zero attached hydrogens (tertiary/aromatic N) is 1. The van der Waals surface area contributed by atoms with Gasteiger partial charge in [0.15, 0.2) is 0 Å². The Kier molecular flexibility index (Phi) is 7.10. The molecule has 1 aromatic carbocycles. The Balaban J connectivity index is 1.49. The lowest BCUT2D eigenvalue weighted by Gasteiger charge is -2.33. The van der Waals surface area contributed by atoms with Crippen molar-refractivity contribution in [3.8, 4) is 0 Å². The molecular weight excluding hydrogens is 395 g/mol. The molecule has 0 radical (unpaired) electrons. The van der Waals surface area contributed by atoms with Crippen LogP contribution in [0.3, 0.4) is 0 Å². The summed E-state index contributed by atoms with van der Waals surface area (Å²) < 4.78 is 5.84. The second kappa shape index (κ2) is 9.53. The highest BCUT2D eigenvalue weighted by atomic mass is 35.5. The number of ether oxygens (including phenoxy) is 1. The van der Waals surface area contributed by atoms with Crippen molar-refractivity contribution in [3.63, 3.8) is 0 Å². The number of nitrogens with one attached hydrogen (secondary N) is 3. The molecule has 1 fully saturated rings. The molecule has 3 N–H and O–H groups in total. The Morgan fingerprint density at radius 1 is 1.35 bits per heavy atom. The molecule has 3 rings (SSSR count). The zero-order valence-corrected chi connectivity index (χ0v) is 16.3. The van der Waals surface area contributed by atoms with E-state index < -0.39 is 0 Å². The molecule has 0 spiro atoms. The van der Waals surface area contributed by atoms with E-state index >= 15 is 0 Å². The molecule has 2 heterocycles. The molecule has 9 heteroatoms. The molecule has 0 saturated carbocycles. The van der Waals surface area contributed by atoms with Crippen LogP contribution < -0.4 is 16.0 Å². The molecule has 1 aliphatic rings. The normalized spacial score (nSPS) is 19.9. The van der Waals surface area contributed by atoms with Crippen LogP contribution in [0.4, 0.5) is 4.79 Å². The Morgan fingerprint density at radius 2 is 2.23 bits per heavy atom.